The van der Waals surface area contributed by atoms with Gasteiger partial charge in [0.25, 0.3) is 0 Å². The van der Waals surface area contributed by atoms with Crippen molar-refractivity contribution >= 4 is 17.3 Å². The van der Waals surface area contributed by atoms with Crippen molar-refractivity contribution in [1.82, 2.24) is 24.8 Å². The highest BCUT2D eigenvalue weighted by molar-refractivity contribution is 5.57. The molecule has 3 aromatic heterocycles. The second-order valence-electron chi connectivity index (χ2n) is 8.78. The molecule has 2 fully saturated rings. The Morgan fingerprint density at radius 1 is 1.08 bits per heavy atom. The molecule has 0 amide bonds. The van der Waals surface area contributed by atoms with Crippen molar-refractivity contribution in [2.24, 2.45) is 11.8 Å². The lowest BCUT2D eigenvalue weighted by Crippen LogP contribution is -2.48. The molecule has 9 nitrogen and oxygen atoms in total. The van der Waals surface area contributed by atoms with Gasteiger partial charge < -0.3 is 19.7 Å². The molecule has 1 aliphatic carbocycles. The summed E-state index contributed by atoms with van der Waals surface area (Å²) in [4.78, 5) is 6.23. The van der Waals surface area contributed by atoms with E-state index in [4.69, 9.17) is 9.47 Å². The third-order valence-corrected chi connectivity index (χ3v) is 6.45. The van der Waals surface area contributed by atoms with E-state index in [1.807, 2.05) is 0 Å². The zero-order chi connectivity index (χ0) is 25.7. The van der Waals surface area contributed by atoms with Crippen molar-refractivity contribution in [2.75, 3.05) is 37.0 Å². The maximum atomic E-state index is 13.5. The fourth-order valence-electron chi connectivity index (χ4n) is 4.92. The second-order valence-corrected chi connectivity index (χ2v) is 8.78. The van der Waals surface area contributed by atoms with Crippen LogP contribution in [0.25, 0.3) is 5.65 Å². The normalized spacial score (nSPS) is 22.2. The van der Waals surface area contributed by atoms with E-state index >= 15 is 0 Å². The van der Waals surface area contributed by atoms with Crippen molar-refractivity contribution in [3.05, 3.63) is 30.1 Å². The summed E-state index contributed by atoms with van der Waals surface area (Å²) in [6.07, 6.45) is -6.05. The summed E-state index contributed by atoms with van der Waals surface area (Å²) in [6, 6.07) is 3.10. The molecule has 5 rings (SSSR count). The number of hydrogen-bond donors (Lipinski definition) is 1. The molecule has 4 heterocycles. The molecule has 36 heavy (non-hydrogen) atoms. The molecule has 0 unspecified atom stereocenters. The molecule has 1 saturated heterocycles. The molecule has 194 valence electrons. The van der Waals surface area contributed by atoms with E-state index in [0.29, 0.717) is 29.6 Å². The lowest BCUT2D eigenvalue weighted by Gasteiger charge is -2.39. The molecule has 1 aliphatic heterocycles. The predicted molar refractivity (Wildman–Crippen MR) is 114 cm³/mol. The minimum absolute atomic E-state index is 0.105. The molecule has 1 N–H and O–H groups in total. The van der Waals surface area contributed by atoms with Gasteiger partial charge in [0.2, 0.25) is 11.8 Å². The van der Waals surface area contributed by atoms with Crippen LogP contribution in [0.15, 0.2) is 24.4 Å². The Bertz CT molecular complexity index is 1230. The van der Waals surface area contributed by atoms with Crippen LogP contribution in [0.3, 0.4) is 0 Å². The molecule has 0 aromatic carbocycles. The van der Waals surface area contributed by atoms with E-state index in [1.54, 1.807) is 12.3 Å². The van der Waals surface area contributed by atoms with Crippen molar-refractivity contribution < 1.29 is 35.8 Å². The van der Waals surface area contributed by atoms with Crippen molar-refractivity contribution in [3.63, 3.8) is 0 Å². The second kappa shape index (κ2) is 8.85. The summed E-state index contributed by atoms with van der Waals surface area (Å²) < 4.78 is 88.8. The van der Waals surface area contributed by atoms with Crippen LogP contribution in [0.1, 0.15) is 18.5 Å². The number of fused-ring (bicyclic) bond motifs is 3. The average molecular weight is 517 g/mol. The Morgan fingerprint density at radius 2 is 1.81 bits per heavy atom. The Hall–Kier alpha value is -3.52. The molecule has 0 spiro atoms. The Kier molecular flexibility index (Phi) is 5.95. The van der Waals surface area contributed by atoms with Crippen LogP contribution >= 0.6 is 0 Å². The van der Waals surface area contributed by atoms with Gasteiger partial charge in [-0.1, -0.05) is 0 Å². The van der Waals surface area contributed by atoms with Gasteiger partial charge in [0.05, 0.1) is 19.0 Å². The third-order valence-electron chi connectivity index (χ3n) is 6.45. The predicted octanol–water partition coefficient (Wildman–Crippen LogP) is 3.81. The van der Waals surface area contributed by atoms with Crippen LogP contribution in [0.4, 0.5) is 38.0 Å². The van der Waals surface area contributed by atoms with E-state index in [0.717, 1.165) is 24.6 Å². The summed E-state index contributed by atoms with van der Waals surface area (Å²) in [5, 5.41) is 14.9. The summed E-state index contributed by atoms with van der Waals surface area (Å²) in [5.41, 5.74) is -0.769. The van der Waals surface area contributed by atoms with Crippen LogP contribution in [0, 0.1) is 11.8 Å². The van der Waals surface area contributed by atoms with Gasteiger partial charge in [0.1, 0.15) is 5.69 Å². The Balaban J connectivity index is 1.39. The van der Waals surface area contributed by atoms with Crippen LogP contribution in [-0.4, -0.2) is 63.8 Å². The number of nitrogens with one attached hydrogen (secondary N) is 1. The number of aromatic nitrogens is 5. The van der Waals surface area contributed by atoms with Crippen molar-refractivity contribution in [1.29, 1.82) is 0 Å². The number of piperidine rings is 1. The highest BCUT2D eigenvalue weighted by Crippen LogP contribution is 2.40. The van der Waals surface area contributed by atoms with Crippen LogP contribution in [-0.2, 0) is 6.18 Å². The van der Waals surface area contributed by atoms with Crippen LogP contribution in [0.5, 0.6) is 11.6 Å². The number of anilines is 2. The number of alkyl halides is 6. The Morgan fingerprint density at radius 3 is 2.44 bits per heavy atom. The number of hydrogen-bond acceptors (Lipinski definition) is 8. The summed E-state index contributed by atoms with van der Waals surface area (Å²) in [7, 11) is 1.50. The molecule has 3 atom stereocenters. The van der Waals surface area contributed by atoms with Gasteiger partial charge in [-0.05, 0) is 36.8 Å². The fourth-order valence-corrected chi connectivity index (χ4v) is 4.92. The number of ether oxygens (including phenoxy) is 2. The molecular formula is C21H21F6N7O2. The maximum absolute atomic E-state index is 13.5. The van der Waals surface area contributed by atoms with Gasteiger partial charge in [0.15, 0.2) is 18.0 Å². The first-order valence-corrected chi connectivity index (χ1v) is 11.1. The zero-order valence-corrected chi connectivity index (χ0v) is 18.8. The summed E-state index contributed by atoms with van der Waals surface area (Å²) >= 11 is 0. The zero-order valence-electron chi connectivity index (χ0n) is 18.8. The van der Waals surface area contributed by atoms with Gasteiger partial charge in [-0.3, -0.25) is 0 Å². The number of pyridine rings is 1. The molecule has 15 heteroatoms. The number of nitrogens with zero attached hydrogens (tertiary/aromatic N) is 6. The van der Waals surface area contributed by atoms with E-state index in [9.17, 15) is 26.3 Å². The maximum Gasteiger partial charge on any atom is 0.433 e. The molecule has 1 saturated carbocycles. The van der Waals surface area contributed by atoms with E-state index in [1.165, 1.54) is 7.11 Å². The van der Waals surface area contributed by atoms with E-state index < -0.39 is 36.1 Å². The monoisotopic (exact) mass is 517 g/mol. The fraction of sp³-hybridized carbons (Fsp3) is 0.524. The first kappa shape index (κ1) is 24.2. The molecule has 3 aromatic rings. The van der Waals surface area contributed by atoms with Gasteiger partial charge in [-0.15, -0.1) is 10.2 Å². The summed E-state index contributed by atoms with van der Waals surface area (Å²) in [6.45, 7) is -0.352. The van der Waals surface area contributed by atoms with Crippen molar-refractivity contribution in [2.45, 2.75) is 31.2 Å². The largest absolute Gasteiger partial charge is 0.480 e. The minimum Gasteiger partial charge on any atom is -0.480 e. The van der Waals surface area contributed by atoms with Crippen molar-refractivity contribution in [3.8, 4) is 11.6 Å². The topological polar surface area (TPSA) is 89.7 Å². The smallest absolute Gasteiger partial charge is 0.433 e. The lowest BCUT2D eigenvalue weighted by atomic mass is 9.92. The first-order chi connectivity index (χ1) is 17.0. The van der Waals surface area contributed by atoms with Crippen LogP contribution in [0.2, 0.25) is 0 Å². The molecule has 0 radical (unpaired) electrons. The highest BCUT2D eigenvalue weighted by Gasteiger charge is 2.43. The molecule has 2 bridgehead atoms. The molecular weight excluding hydrogens is 496 g/mol. The Labute approximate surface area is 200 Å². The molecule has 2 aliphatic rings. The standard InChI is InChI=1S/C21H21F6N7O2/c1-35-16-6-13(7-28-31-16)33-8-11-2-3-12(9-33)17(11)29-19-30-18-14(36-10-20(22,23)24)4-5-15(21(25,26)27)34(18)32-19/h4-7,11-12,17H,2-3,8-10H2,1H3,(H,29,32)/t11-,12+,17-. The quantitative estimate of drug-likeness (QED) is 0.494. The third kappa shape index (κ3) is 4.78. The SMILES string of the molecule is COc1cc(N2C[C@H]3CC[C@@H](C2)[C@@H]3Nc2nc3c(OCC(F)(F)F)ccc(C(F)(F)F)n3n2)cnn1. The average Bonchev–Trinajstić information content (AvgIpc) is 3.32. The van der Waals surface area contributed by atoms with E-state index in [2.05, 4.69) is 30.5 Å². The van der Waals surface area contributed by atoms with Gasteiger partial charge in [-0.2, -0.15) is 36.4 Å². The number of rotatable bonds is 6. The first-order valence-electron chi connectivity index (χ1n) is 11.1. The number of halogens is 6. The van der Waals surface area contributed by atoms with Gasteiger partial charge in [-0.25, -0.2) is 4.52 Å². The highest BCUT2D eigenvalue weighted by atomic mass is 19.4. The minimum atomic E-state index is -4.80. The van der Waals surface area contributed by atoms with E-state index in [-0.39, 0.29) is 23.8 Å². The summed E-state index contributed by atoms with van der Waals surface area (Å²) in [5.74, 6) is 0.108. The van der Waals surface area contributed by atoms with Crippen LogP contribution < -0.4 is 19.7 Å². The van der Waals surface area contributed by atoms with Gasteiger partial charge in [0, 0.05) is 25.2 Å². The van der Waals surface area contributed by atoms with Gasteiger partial charge >= 0.3 is 12.4 Å². The number of methoxy groups -OCH3 is 1. The lowest BCUT2D eigenvalue weighted by molar-refractivity contribution is -0.153.